The molecule has 0 bridgehead atoms. The highest BCUT2D eigenvalue weighted by molar-refractivity contribution is 5.89. The summed E-state index contributed by atoms with van der Waals surface area (Å²) in [6, 6.07) is 7.19. The van der Waals surface area contributed by atoms with Crippen LogP contribution in [-0.2, 0) is 0 Å². The Balaban J connectivity index is 2.53. The number of hydrogen-bond acceptors (Lipinski definition) is 3. The van der Waals surface area contributed by atoms with Crippen molar-refractivity contribution in [1.29, 1.82) is 0 Å². The first kappa shape index (κ1) is 17.5. The lowest BCUT2D eigenvalue weighted by Gasteiger charge is -2.22. The molecule has 118 valence electrons. The van der Waals surface area contributed by atoms with Gasteiger partial charge in [0.1, 0.15) is 0 Å². The number of aliphatic hydroxyl groups excluding tert-OH is 1. The molecule has 5 nitrogen and oxygen atoms in total. The number of amides is 2. The molecule has 0 saturated carbocycles. The number of nitrogens with zero attached hydrogens (tertiary/aromatic N) is 2. The number of rotatable bonds is 7. The quantitative estimate of drug-likeness (QED) is 0.812. The van der Waals surface area contributed by atoms with E-state index in [2.05, 4.69) is 10.2 Å². The van der Waals surface area contributed by atoms with Crippen molar-refractivity contribution in [2.24, 2.45) is 0 Å². The minimum absolute atomic E-state index is 0.0824. The van der Waals surface area contributed by atoms with Gasteiger partial charge in [0.05, 0.1) is 6.10 Å². The number of carbonyl (C=O) groups excluding carboxylic acids is 1. The van der Waals surface area contributed by atoms with E-state index in [1.807, 2.05) is 45.3 Å². The zero-order chi connectivity index (χ0) is 15.8. The van der Waals surface area contributed by atoms with E-state index in [-0.39, 0.29) is 6.03 Å². The summed E-state index contributed by atoms with van der Waals surface area (Å²) in [5.41, 5.74) is 1.58. The molecular formula is C16H27N3O2. The molecule has 0 spiro atoms. The Bertz CT molecular complexity index is 430. The number of hydrogen-bond donors (Lipinski definition) is 2. The average Bonchev–Trinajstić information content (AvgIpc) is 2.43. The second kappa shape index (κ2) is 8.64. The van der Waals surface area contributed by atoms with Gasteiger partial charge in [0.15, 0.2) is 0 Å². The van der Waals surface area contributed by atoms with E-state index in [1.54, 1.807) is 11.8 Å². The van der Waals surface area contributed by atoms with Gasteiger partial charge in [0.25, 0.3) is 0 Å². The minimum atomic E-state index is -0.493. The predicted octanol–water partition coefficient (Wildman–Crippen LogP) is 2.55. The lowest BCUT2D eigenvalue weighted by molar-refractivity contribution is 0.199. The fourth-order valence-electron chi connectivity index (χ4n) is 2.03. The molecule has 0 saturated heterocycles. The van der Waals surface area contributed by atoms with Crippen LogP contribution in [0.5, 0.6) is 0 Å². The number of nitrogens with one attached hydrogen (secondary N) is 1. The number of benzene rings is 1. The monoisotopic (exact) mass is 293 g/mol. The van der Waals surface area contributed by atoms with Crippen LogP contribution in [0, 0.1) is 0 Å². The van der Waals surface area contributed by atoms with Crippen LogP contribution in [0.3, 0.4) is 0 Å². The summed E-state index contributed by atoms with van der Waals surface area (Å²) < 4.78 is 0. The average molecular weight is 293 g/mol. The lowest BCUT2D eigenvalue weighted by Crippen LogP contribution is -2.36. The van der Waals surface area contributed by atoms with Gasteiger partial charge in [-0.1, -0.05) is 12.1 Å². The number of urea groups is 1. The van der Waals surface area contributed by atoms with Crippen molar-refractivity contribution >= 4 is 11.7 Å². The summed E-state index contributed by atoms with van der Waals surface area (Å²) >= 11 is 0. The summed E-state index contributed by atoms with van der Waals surface area (Å²) in [6.07, 6.45) is 0.461. The molecule has 2 amide bonds. The van der Waals surface area contributed by atoms with Gasteiger partial charge in [-0.25, -0.2) is 4.79 Å². The van der Waals surface area contributed by atoms with E-state index in [0.717, 1.165) is 30.8 Å². The van der Waals surface area contributed by atoms with Crippen molar-refractivity contribution in [1.82, 2.24) is 9.80 Å². The predicted molar refractivity (Wildman–Crippen MR) is 86.5 cm³/mol. The SMILES string of the molecule is CCN(CCCN(C)C)C(=O)Nc1ccc(C(C)O)cc1. The van der Waals surface area contributed by atoms with E-state index in [9.17, 15) is 9.90 Å². The Morgan fingerprint density at radius 2 is 1.86 bits per heavy atom. The summed E-state index contributed by atoms with van der Waals surface area (Å²) in [5, 5.41) is 12.4. The van der Waals surface area contributed by atoms with Crippen molar-refractivity contribution in [2.75, 3.05) is 39.0 Å². The molecule has 0 aliphatic carbocycles. The van der Waals surface area contributed by atoms with Gasteiger partial charge < -0.3 is 20.2 Å². The maximum atomic E-state index is 12.2. The summed E-state index contributed by atoms with van der Waals surface area (Å²) in [6.45, 7) is 6.09. The van der Waals surface area contributed by atoms with Crippen LogP contribution in [0.1, 0.15) is 31.9 Å². The van der Waals surface area contributed by atoms with Gasteiger partial charge in [-0.2, -0.15) is 0 Å². The highest BCUT2D eigenvalue weighted by Gasteiger charge is 2.11. The Morgan fingerprint density at radius 1 is 1.24 bits per heavy atom. The van der Waals surface area contributed by atoms with Crippen molar-refractivity contribution < 1.29 is 9.90 Å². The van der Waals surface area contributed by atoms with Crippen LogP contribution in [0.4, 0.5) is 10.5 Å². The van der Waals surface area contributed by atoms with Gasteiger partial charge in [0.2, 0.25) is 0 Å². The molecule has 0 heterocycles. The summed E-state index contributed by atoms with van der Waals surface area (Å²) in [5.74, 6) is 0. The molecule has 0 aliphatic rings. The van der Waals surface area contributed by atoms with Crippen LogP contribution >= 0.6 is 0 Å². The molecule has 1 rings (SSSR count). The van der Waals surface area contributed by atoms with E-state index < -0.39 is 6.10 Å². The van der Waals surface area contributed by atoms with Gasteiger partial charge >= 0.3 is 6.03 Å². The van der Waals surface area contributed by atoms with Crippen LogP contribution < -0.4 is 5.32 Å². The summed E-state index contributed by atoms with van der Waals surface area (Å²) in [7, 11) is 4.06. The molecule has 1 atom stereocenters. The smallest absolute Gasteiger partial charge is 0.321 e. The fourth-order valence-corrected chi connectivity index (χ4v) is 2.03. The van der Waals surface area contributed by atoms with Gasteiger partial charge in [0, 0.05) is 18.8 Å². The first-order valence-corrected chi connectivity index (χ1v) is 7.42. The second-order valence-corrected chi connectivity index (χ2v) is 5.46. The van der Waals surface area contributed by atoms with E-state index in [1.165, 1.54) is 0 Å². The Labute approximate surface area is 127 Å². The zero-order valence-electron chi connectivity index (χ0n) is 13.5. The Morgan fingerprint density at radius 3 is 2.33 bits per heavy atom. The second-order valence-electron chi connectivity index (χ2n) is 5.46. The standard InChI is InChI=1S/C16H27N3O2/c1-5-19(12-6-11-18(3)4)16(21)17-15-9-7-14(8-10-15)13(2)20/h7-10,13,20H,5-6,11-12H2,1-4H3,(H,17,21). The first-order chi connectivity index (χ1) is 9.93. The highest BCUT2D eigenvalue weighted by Crippen LogP contribution is 2.16. The van der Waals surface area contributed by atoms with Crippen molar-refractivity contribution in [3.8, 4) is 0 Å². The maximum absolute atomic E-state index is 12.2. The summed E-state index contributed by atoms with van der Waals surface area (Å²) in [4.78, 5) is 16.1. The Hall–Kier alpha value is -1.59. The number of anilines is 1. The van der Waals surface area contributed by atoms with Crippen LogP contribution in [0.15, 0.2) is 24.3 Å². The first-order valence-electron chi connectivity index (χ1n) is 7.42. The molecular weight excluding hydrogens is 266 g/mol. The van der Waals surface area contributed by atoms with Gasteiger partial charge in [-0.05, 0) is 58.6 Å². The fraction of sp³-hybridized carbons (Fsp3) is 0.562. The maximum Gasteiger partial charge on any atom is 0.321 e. The third kappa shape index (κ3) is 6.14. The molecule has 2 N–H and O–H groups in total. The molecule has 0 radical (unpaired) electrons. The number of aliphatic hydroxyl groups is 1. The van der Waals surface area contributed by atoms with E-state index in [0.29, 0.717) is 6.54 Å². The molecule has 0 aliphatic heterocycles. The molecule has 21 heavy (non-hydrogen) atoms. The minimum Gasteiger partial charge on any atom is -0.389 e. The topological polar surface area (TPSA) is 55.8 Å². The molecule has 1 aromatic rings. The van der Waals surface area contributed by atoms with Crippen molar-refractivity contribution in [2.45, 2.75) is 26.4 Å². The van der Waals surface area contributed by atoms with E-state index in [4.69, 9.17) is 0 Å². The van der Waals surface area contributed by atoms with E-state index >= 15 is 0 Å². The largest absolute Gasteiger partial charge is 0.389 e. The van der Waals surface area contributed by atoms with Gasteiger partial charge in [-0.15, -0.1) is 0 Å². The molecule has 0 aromatic heterocycles. The molecule has 1 aromatic carbocycles. The highest BCUT2D eigenvalue weighted by atomic mass is 16.3. The third-order valence-corrected chi connectivity index (χ3v) is 3.35. The third-order valence-electron chi connectivity index (χ3n) is 3.35. The molecule has 5 heteroatoms. The molecule has 1 unspecified atom stereocenters. The molecule has 0 fully saturated rings. The van der Waals surface area contributed by atoms with Crippen LogP contribution in [0.25, 0.3) is 0 Å². The van der Waals surface area contributed by atoms with Crippen LogP contribution in [0.2, 0.25) is 0 Å². The zero-order valence-corrected chi connectivity index (χ0v) is 13.5. The Kier molecular flexibility index (Phi) is 7.19. The van der Waals surface area contributed by atoms with Crippen molar-refractivity contribution in [3.05, 3.63) is 29.8 Å². The van der Waals surface area contributed by atoms with Crippen molar-refractivity contribution in [3.63, 3.8) is 0 Å². The van der Waals surface area contributed by atoms with Crippen LogP contribution in [-0.4, -0.2) is 54.7 Å². The lowest BCUT2D eigenvalue weighted by atomic mass is 10.1. The van der Waals surface area contributed by atoms with Gasteiger partial charge in [-0.3, -0.25) is 0 Å². The number of carbonyl (C=O) groups is 1. The normalized spacial score (nSPS) is 12.3.